The Labute approximate surface area is 163 Å². The zero-order valence-corrected chi connectivity index (χ0v) is 16.2. The molecule has 1 N–H and O–H groups in total. The summed E-state index contributed by atoms with van der Waals surface area (Å²) < 4.78 is 39.5. The Morgan fingerprint density at radius 2 is 1.68 bits per heavy atom. The number of nitrogens with one attached hydrogen (secondary N) is 1. The van der Waals surface area contributed by atoms with Crippen molar-refractivity contribution in [3.8, 4) is 0 Å². The van der Waals surface area contributed by atoms with Gasteiger partial charge >= 0.3 is 0 Å². The van der Waals surface area contributed by atoms with Crippen LogP contribution in [0.2, 0.25) is 0 Å². The molecular formula is C21H21FN2O3S. The first kappa shape index (κ1) is 20.0. The van der Waals surface area contributed by atoms with Gasteiger partial charge in [0, 0.05) is 13.1 Å². The number of fused-ring (bicyclic) bond motifs is 1. The second-order valence-corrected chi connectivity index (χ2v) is 8.24. The minimum absolute atomic E-state index is 0.0439. The van der Waals surface area contributed by atoms with Gasteiger partial charge in [-0.15, -0.1) is 0 Å². The van der Waals surface area contributed by atoms with Crippen LogP contribution < -0.4 is 5.32 Å². The topological polar surface area (TPSA) is 66.5 Å². The summed E-state index contributed by atoms with van der Waals surface area (Å²) in [5.41, 5.74) is 0.955. The highest BCUT2D eigenvalue weighted by atomic mass is 32.2. The first-order valence-electron chi connectivity index (χ1n) is 8.91. The Balaban J connectivity index is 1.69. The van der Waals surface area contributed by atoms with Crippen molar-refractivity contribution in [1.29, 1.82) is 0 Å². The summed E-state index contributed by atoms with van der Waals surface area (Å²) in [6, 6.07) is 18.3. The second-order valence-electron chi connectivity index (χ2n) is 6.30. The van der Waals surface area contributed by atoms with E-state index < -0.39 is 21.7 Å². The Morgan fingerprint density at radius 1 is 1.00 bits per heavy atom. The average Bonchev–Trinajstić information content (AvgIpc) is 2.70. The van der Waals surface area contributed by atoms with E-state index in [-0.39, 0.29) is 18.0 Å². The van der Waals surface area contributed by atoms with Crippen molar-refractivity contribution in [2.24, 2.45) is 0 Å². The first-order chi connectivity index (χ1) is 13.4. The number of rotatable bonds is 7. The van der Waals surface area contributed by atoms with Crippen LogP contribution in [-0.4, -0.2) is 31.7 Å². The highest BCUT2D eigenvalue weighted by molar-refractivity contribution is 7.89. The minimum atomic E-state index is -3.87. The molecular weight excluding hydrogens is 379 g/mol. The molecule has 0 unspecified atom stereocenters. The quantitative estimate of drug-likeness (QED) is 0.662. The summed E-state index contributed by atoms with van der Waals surface area (Å²) in [5, 5.41) is 4.89. The molecule has 0 fully saturated rings. The van der Waals surface area contributed by atoms with Gasteiger partial charge < -0.3 is 5.32 Å². The number of nitrogens with zero attached hydrogens (tertiary/aromatic N) is 1. The van der Waals surface area contributed by atoms with Gasteiger partial charge in [-0.25, -0.2) is 12.8 Å². The molecule has 5 nitrogen and oxygen atoms in total. The minimum Gasteiger partial charge on any atom is -0.351 e. The fraction of sp³-hybridized carbons (Fsp3) is 0.190. The third-order valence-electron chi connectivity index (χ3n) is 4.48. The van der Waals surface area contributed by atoms with Gasteiger partial charge in [0.15, 0.2) is 0 Å². The molecule has 0 bridgehead atoms. The normalized spacial score (nSPS) is 11.7. The van der Waals surface area contributed by atoms with Crippen LogP contribution in [0.1, 0.15) is 12.5 Å². The van der Waals surface area contributed by atoms with Gasteiger partial charge in [0.1, 0.15) is 5.82 Å². The van der Waals surface area contributed by atoms with Crippen molar-refractivity contribution in [1.82, 2.24) is 9.62 Å². The summed E-state index contributed by atoms with van der Waals surface area (Å²) in [6.45, 7) is 1.77. The number of carbonyl (C=O) groups excluding carboxylic acids is 1. The number of sulfonamides is 1. The zero-order chi connectivity index (χ0) is 20.1. The van der Waals surface area contributed by atoms with E-state index in [4.69, 9.17) is 0 Å². The lowest BCUT2D eigenvalue weighted by molar-refractivity contribution is -0.121. The Kier molecular flexibility index (Phi) is 6.06. The van der Waals surface area contributed by atoms with Gasteiger partial charge in [0.25, 0.3) is 0 Å². The maximum Gasteiger partial charge on any atom is 0.243 e. The molecule has 146 valence electrons. The summed E-state index contributed by atoms with van der Waals surface area (Å²) >= 11 is 0. The summed E-state index contributed by atoms with van der Waals surface area (Å²) in [7, 11) is -3.87. The molecule has 0 atom stereocenters. The molecule has 3 rings (SSSR count). The van der Waals surface area contributed by atoms with Crippen LogP contribution in [0.15, 0.2) is 71.6 Å². The molecule has 7 heteroatoms. The molecule has 0 aliphatic carbocycles. The molecule has 0 radical (unpaired) electrons. The second kappa shape index (κ2) is 8.50. The predicted octanol–water partition coefficient (Wildman–Crippen LogP) is 3.31. The van der Waals surface area contributed by atoms with Crippen molar-refractivity contribution < 1.29 is 17.6 Å². The van der Waals surface area contributed by atoms with Crippen LogP contribution in [-0.2, 0) is 21.4 Å². The molecule has 0 aliphatic rings. The van der Waals surface area contributed by atoms with Crippen LogP contribution in [0, 0.1) is 5.82 Å². The molecule has 0 saturated heterocycles. The number of amides is 1. The van der Waals surface area contributed by atoms with E-state index in [1.165, 1.54) is 12.1 Å². The standard InChI is InChI=1S/C21H21FN2O3S/c1-2-24(28(26,27)19-12-10-18(22)11-13-19)15-21(25)23-14-17-8-5-7-16-6-3-4-9-20(16)17/h3-13H,2,14-15H2,1H3,(H,23,25). The van der Waals surface area contributed by atoms with Gasteiger partial charge in [-0.1, -0.05) is 49.4 Å². The van der Waals surface area contributed by atoms with Crippen LogP contribution in [0.3, 0.4) is 0 Å². The van der Waals surface area contributed by atoms with E-state index in [2.05, 4.69) is 5.32 Å². The Bertz CT molecular complexity index is 1080. The van der Waals surface area contributed by atoms with Crippen LogP contribution in [0.25, 0.3) is 10.8 Å². The Hall–Kier alpha value is -2.77. The first-order valence-corrected chi connectivity index (χ1v) is 10.3. The molecule has 3 aromatic carbocycles. The molecule has 0 aliphatic heterocycles. The van der Waals surface area contributed by atoms with Crippen LogP contribution >= 0.6 is 0 Å². The molecule has 1 amide bonds. The van der Waals surface area contributed by atoms with E-state index in [1.807, 2.05) is 42.5 Å². The SMILES string of the molecule is CCN(CC(=O)NCc1cccc2ccccc12)S(=O)(=O)c1ccc(F)cc1. The zero-order valence-electron chi connectivity index (χ0n) is 15.4. The predicted molar refractivity (Wildman–Crippen MR) is 107 cm³/mol. The smallest absolute Gasteiger partial charge is 0.243 e. The summed E-state index contributed by atoms with van der Waals surface area (Å²) in [5.74, 6) is -0.921. The number of hydrogen-bond acceptors (Lipinski definition) is 3. The van der Waals surface area contributed by atoms with E-state index in [0.717, 1.165) is 32.8 Å². The highest BCUT2D eigenvalue weighted by Gasteiger charge is 2.25. The monoisotopic (exact) mass is 400 g/mol. The molecule has 28 heavy (non-hydrogen) atoms. The summed E-state index contributed by atoms with van der Waals surface area (Å²) in [6.07, 6.45) is 0. The van der Waals surface area contributed by atoms with Crippen molar-refractivity contribution in [3.63, 3.8) is 0 Å². The van der Waals surface area contributed by atoms with Gasteiger partial charge in [-0.05, 0) is 40.6 Å². The highest BCUT2D eigenvalue weighted by Crippen LogP contribution is 2.19. The lowest BCUT2D eigenvalue weighted by Crippen LogP contribution is -2.40. The Morgan fingerprint density at radius 3 is 2.39 bits per heavy atom. The van der Waals surface area contributed by atoms with Gasteiger partial charge in [0.05, 0.1) is 11.4 Å². The van der Waals surface area contributed by atoms with E-state index in [0.29, 0.717) is 6.54 Å². The number of benzene rings is 3. The number of carbonyl (C=O) groups is 1. The molecule has 3 aromatic rings. The van der Waals surface area contributed by atoms with E-state index in [1.54, 1.807) is 6.92 Å². The van der Waals surface area contributed by atoms with Gasteiger partial charge in [-0.3, -0.25) is 4.79 Å². The van der Waals surface area contributed by atoms with Gasteiger partial charge in [-0.2, -0.15) is 4.31 Å². The molecule has 0 aromatic heterocycles. The largest absolute Gasteiger partial charge is 0.351 e. The fourth-order valence-electron chi connectivity index (χ4n) is 2.98. The van der Waals surface area contributed by atoms with Crippen molar-refractivity contribution in [2.45, 2.75) is 18.4 Å². The lowest BCUT2D eigenvalue weighted by atomic mass is 10.0. The van der Waals surface area contributed by atoms with Crippen LogP contribution in [0.5, 0.6) is 0 Å². The third kappa shape index (κ3) is 4.37. The summed E-state index contributed by atoms with van der Waals surface area (Å²) in [4.78, 5) is 12.3. The molecule has 0 heterocycles. The third-order valence-corrected chi connectivity index (χ3v) is 6.42. The number of likely N-dealkylation sites (N-methyl/N-ethyl adjacent to an activating group) is 1. The number of halogens is 1. The lowest BCUT2D eigenvalue weighted by Gasteiger charge is -2.20. The molecule has 0 spiro atoms. The van der Waals surface area contributed by atoms with Crippen LogP contribution in [0.4, 0.5) is 4.39 Å². The van der Waals surface area contributed by atoms with Crippen molar-refractivity contribution in [2.75, 3.05) is 13.1 Å². The van der Waals surface area contributed by atoms with E-state index >= 15 is 0 Å². The van der Waals surface area contributed by atoms with Crippen molar-refractivity contribution in [3.05, 3.63) is 78.1 Å². The van der Waals surface area contributed by atoms with E-state index in [9.17, 15) is 17.6 Å². The maximum absolute atomic E-state index is 13.1. The fourth-order valence-corrected chi connectivity index (χ4v) is 4.38. The number of hydrogen-bond donors (Lipinski definition) is 1. The van der Waals surface area contributed by atoms with Crippen molar-refractivity contribution >= 4 is 26.7 Å². The molecule has 0 saturated carbocycles. The average molecular weight is 400 g/mol. The van der Waals surface area contributed by atoms with Gasteiger partial charge in [0.2, 0.25) is 15.9 Å². The maximum atomic E-state index is 13.1.